The largest absolute Gasteiger partial charge is 0.314 e. The molecule has 0 aliphatic carbocycles. The highest BCUT2D eigenvalue weighted by molar-refractivity contribution is 5.22. The Hall–Kier alpha value is -0.820. The van der Waals surface area contributed by atoms with Crippen molar-refractivity contribution < 1.29 is 0 Å². The molecule has 0 spiro atoms. The first-order valence-corrected chi connectivity index (χ1v) is 9.05. The molecule has 1 heteroatoms. The van der Waals surface area contributed by atoms with Crippen molar-refractivity contribution in [1.29, 1.82) is 0 Å². The van der Waals surface area contributed by atoms with Gasteiger partial charge in [-0.15, -0.1) is 0 Å². The number of unbranched alkanes of at least 4 members (excludes halogenated alkanes) is 5. The minimum Gasteiger partial charge on any atom is -0.314 e. The molecule has 1 N–H and O–H groups in total. The minimum absolute atomic E-state index is 0.696. The van der Waals surface area contributed by atoms with Crippen LogP contribution in [0.25, 0.3) is 0 Å². The number of hydrogen-bond acceptors (Lipinski definition) is 1. The van der Waals surface area contributed by atoms with E-state index in [0.29, 0.717) is 6.04 Å². The van der Waals surface area contributed by atoms with Crippen molar-refractivity contribution in [3.63, 3.8) is 0 Å². The number of rotatable bonds is 12. The van der Waals surface area contributed by atoms with Crippen molar-refractivity contribution in [3.05, 3.63) is 35.4 Å². The van der Waals surface area contributed by atoms with Crippen molar-refractivity contribution in [1.82, 2.24) is 5.32 Å². The molecule has 0 fully saturated rings. The summed E-state index contributed by atoms with van der Waals surface area (Å²) in [4.78, 5) is 0. The van der Waals surface area contributed by atoms with Crippen molar-refractivity contribution in [3.8, 4) is 0 Å². The lowest BCUT2D eigenvalue weighted by Crippen LogP contribution is -2.29. The molecule has 1 aromatic rings. The second-order valence-electron chi connectivity index (χ2n) is 6.34. The highest BCUT2D eigenvalue weighted by atomic mass is 14.9. The van der Waals surface area contributed by atoms with E-state index in [0.717, 1.165) is 6.54 Å². The molecule has 21 heavy (non-hydrogen) atoms. The smallest absolute Gasteiger partial charge is 0.00701 e. The molecule has 0 bridgehead atoms. The summed E-state index contributed by atoms with van der Waals surface area (Å²) >= 11 is 0. The molecular weight excluding hydrogens is 254 g/mol. The number of aryl methyl sites for hydroxylation is 2. The summed E-state index contributed by atoms with van der Waals surface area (Å²) < 4.78 is 0. The summed E-state index contributed by atoms with van der Waals surface area (Å²) in [5, 5.41) is 3.67. The summed E-state index contributed by atoms with van der Waals surface area (Å²) in [5.41, 5.74) is 2.87. The number of hydrogen-bond donors (Lipinski definition) is 1. The van der Waals surface area contributed by atoms with Gasteiger partial charge in [0.25, 0.3) is 0 Å². The van der Waals surface area contributed by atoms with E-state index in [4.69, 9.17) is 0 Å². The molecule has 1 atom stereocenters. The van der Waals surface area contributed by atoms with Crippen molar-refractivity contribution in [2.45, 2.75) is 84.6 Å². The van der Waals surface area contributed by atoms with E-state index in [1.807, 2.05) is 0 Å². The normalized spacial score (nSPS) is 12.5. The van der Waals surface area contributed by atoms with Gasteiger partial charge in [-0.1, -0.05) is 82.2 Å². The van der Waals surface area contributed by atoms with Crippen molar-refractivity contribution >= 4 is 0 Å². The van der Waals surface area contributed by atoms with E-state index in [2.05, 4.69) is 50.4 Å². The topological polar surface area (TPSA) is 12.0 Å². The molecule has 0 aromatic heterocycles. The molecule has 120 valence electrons. The molecule has 0 amide bonds. The van der Waals surface area contributed by atoms with E-state index in [1.165, 1.54) is 68.9 Å². The van der Waals surface area contributed by atoms with Crippen LogP contribution in [0.15, 0.2) is 24.3 Å². The Bertz CT molecular complexity index is 359. The maximum absolute atomic E-state index is 3.67. The quantitative estimate of drug-likeness (QED) is 0.490. The molecule has 0 radical (unpaired) electrons. The Morgan fingerprint density at radius 3 is 2.43 bits per heavy atom. The van der Waals surface area contributed by atoms with Gasteiger partial charge in [-0.25, -0.2) is 0 Å². The molecular formula is C20H35N. The summed E-state index contributed by atoms with van der Waals surface area (Å²) in [5.74, 6) is 0. The van der Waals surface area contributed by atoms with Gasteiger partial charge in [-0.05, 0) is 38.3 Å². The second-order valence-corrected chi connectivity index (χ2v) is 6.34. The fourth-order valence-electron chi connectivity index (χ4n) is 3.02. The summed E-state index contributed by atoms with van der Waals surface area (Å²) in [6, 6.07) is 9.65. The zero-order chi connectivity index (χ0) is 15.3. The van der Waals surface area contributed by atoms with Crippen LogP contribution in [0, 0.1) is 6.92 Å². The van der Waals surface area contributed by atoms with E-state index in [1.54, 1.807) is 0 Å². The molecule has 1 rings (SSSR count). The zero-order valence-corrected chi connectivity index (χ0v) is 14.5. The van der Waals surface area contributed by atoms with Crippen LogP contribution >= 0.6 is 0 Å². The van der Waals surface area contributed by atoms with E-state index >= 15 is 0 Å². The molecule has 1 nitrogen and oxygen atoms in total. The van der Waals surface area contributed by atoms with Crippen LogP contribution in [0.5, 0.6) is 0 Å². The number of benzene rings is 1. The van der Waals surface area contributed by atoms with Gasteiger partial charge in [0.15, 0.2) is 0 Å². The van der Waals surface area contributed by atoms with Crippen molar-refractivity contribution in [2.75, 3.05) is 6.54 Å². The van der Waals surface area contributed by atoms with Crippen LogP contribution < -0.4 is 5.32 Å². The average Bonchev–Trinajstić information content (AvgIpc) is 2.48. The second kappa shape index (κ2) is 11.8. The first-order valence-electron chi connectivity index (χ1n) is 9.05. The molecule has 1 aromatic carbocycles. The van der Waals surface area contributed by atoms with Crippen LogP contribution in [0.1, 0.15) is 76.3 Å². The van der Waals surface area contributed by atoms with Crippen LogP contribution in [-0.2, 0) is 6.42 Å². The molecule has 0 heterocycles. The Morgan fingerprint density at radius 1 is 0.952 bits per heavy atom. The standard InChI is InChI=1S/C20H35N/c1-4-6-7-8-9-10-14-20(21-5-2)16-15-19-13-11-12-18(3)17-19/h11-13,17,20-21H,4-10,14-16H2,1-3H3. The fraction of sp³-hybridized carbons (Fsp3) is 0.700. The van der Waals surface area contributed by atoms with Crippen LogP contribution in [-0.4, -0.2) is 12.6 Å². The highest BCUT2D eigenvalue weighted by Gasteiger charge is 2.07. The number of nitrogens with one attached hydrogen (secondary N) is 1. The average molecular weight is 290 g/mol. The maximum Gasteiger partial charge on any atom is 0.00701 e. The lowest BCUT2D eigenvalue weighted by atomic mass is 9.99. The molecule has 0 saturated carbocycles. The molecule has 1 unspecified atom stereocenters. The summed E-state index contributed by atoms with van der Waals surface area (Å²) in [6.07, 6.45) is 12.2. The van der Waals surface area contributed by atoms with Crippen LogP contribution in [0.3, 0.4) is 0 Å². The SMILES string of the molecule is CCCCCCCCC(CCc1cccc(C)c1)NCC. The highest BCUT2D eigenvalue weighted by Crippen LogP contribution is 2.13. The lowest BCUT2D eigenvalue weighted by molar-refractivity contribution is 0.439. The van der Waals surface area contributed by atoms with Gasteiger partial charge in [-0.3, -0.25) is 0 Å². The third-order valence-corrected chi connectivity index (χ3v) is 4.26. The summed E-state index contributed by atoms with van der Waals surface area (Å²) in [7, 11) is 0. The predicted octanol–water partition coefficient (Wildman–Crippen LogP) is 5.66. The first kappa shape index (κ1) is 18.2. The van der Waals surface area contributed by atoms with E-state index in [9.17, 15) is 0 Å². The lowest BCUT2D eigenvalue weighted by Gasteiger charge is -2.18. The van der Waals surface area contributed by atoms with Gasteiger partial charge in [0.2, 0.25) is 0 Å². The minimum atomic E-state index is 0.696. The van der Waals surface area contributed by atoms with Crippen molar-refractivity contribution in [2.24, 2.45) is 0 Å². The monoisotopic (exact) mass is 289 g/mol. The summed E-state index contributed by atoms with van der Waals surface area (Å²) in [6.45, 7) is 7.78. The van der Waals surface area contributed by atoms with Gasteiger partial charge in [-0.2, -0.15) is 0 Å². The van der Waals surface area contributed by atoms with Crippen LogP contribution in [0.4, 0.5) is 0 Å². The van der Waals surface area contributed by atoms with Crippen LogP contribution in [0.2, 0.25) is 0 Å². The van der Waals surface area contributed by atoms with Gasteiger partial charge in [0.05, 0.1) is 0 Å². The Balaban J connectivity index is 2.22. The van der Waals surface area contributed by atoms with E-state index < -0.39 is 0 Å². The Labute approximate surface area is 132 Å². The fourth-order valence-corrected chi connectivity index (χ4v) is 3.02. The van der Waals surface area contributed by atoms with Gasteiger partial charge in [0, 0.05) is 6.04 Å². The zero-order valence-electron chi connectivity index (χ0n) is 14.5. The van der Waals surface area contributed by atoms with Gasteiger partial charge < -0.3 is 5.32 Å². The third kappa shape index (κ3) is 8.93. The first-order chi connectivity index (χ1) is 10.3. The molecule has 0 aliphatic heterocycles. The molecule has 0 aliphatic rings. The maximum atomic E-state index is 3.67. The van der Waals surface area contributed by atoms with Gasteiger partial charge >= 0.3 is 0 Å². The van der Waals surface area contributed by atoms with E-state index in [-0.39, 0.29) is 0 Å². The van der Waals surface area contributed by atoms with Gasteiger partial charge in [0.1, 0.15) is 0 Å². The Kier molecular flexibility index (Phi) is 10.2. The predicted molar refractivity (Wildman–Crippen MR) is 95.0 cm³/mol. The molecule has 0 saturated heterocycles. The Morgan fingerprint density at radius 2 is 1.71 bits per heavy atom. The third-order valence-electron chi connectivity index (χ3n) is 4.26.